The first kappa shape index (κ1) is 18.2. The first-order valence-electron chi connectivity index (χ1n) is 9.06. The van der Waals surface area contributed by atoms with E-state index in [-0.39, 0.29) is 12.1 Å². The topological polar surface area (TPSA) is 89.3 Å². The molecule has 1 aliphatic carbocycles. The van der Waals surface area contributed by atoms with E-state index in [1.165, 1.54) is 20.0 Å². The molecule has 2 aromatic rings. The lowest BCUT2D eigenvalue weighted by atomic mass is 9.91. The fraction of sp³-hybridized carbons (Fsp3) is 0.400. The average molecular weight is 354 g/mol. The summed E-state index contributed by atoms with van der Waals surface area (Å²) >= 11 is 0. The Kier molecular flexibility index (Phi) is 6.07. The number of anilines is 2. The van der Waals surface area contributed by atoms with Gasteiger partial charge in [-0.15, -0.1) is 0 Å². The number of rotatable bonds is 6. The number of aromatic nitrogens is 1. The SMILES string of the molecule is COC(=O)c1ccc(N[C@@H]2CCCC[C@@H]2N)nc1NCc1ccccc1. The smallest absolute Gasteiger partial charge is 0.341 e. The van der Waals surface area contributed by atoms with E-state index in [0.717, 1.165) is 24.2 Å². The second-order valence-electron chi connectivity index (χ2n) is 6.62. The molecular weight excluding hydrogens is 328 g/mol. The lowest BCUT2D eigenvalue weighted by Gasteiger charge is -2.29. The second kappa shape index (κ2) is 8.67. The summed E-state index contributed by atoms with van der Waals surface area (Å²) in [6, 6.07) is 13.9. The van der Waals surface area contributed by atoms with Crippen LogP contribution in [0.5, 0.6) is 0 Å². The van der Waals surface area contributed by atoms with Gasteiger partial charge in [0.15, 0.2) is 0 Å². The molecule has 0 amide bonds. The maximum Gasteiger partial charge on any atom is 0.341 e. The number of esters is 1. The van der Waals surface area contributed by atoms with Crippen molar-refractivity contribution in [3.8, 4) is 0 Å². The molecule has 0 radical (unpaired) electrons. The average Bonchev–Trinajstić information content (AvgIpc) is 2.68. The highest BCUT2D eigenvalue weighted by molar-refractivity contribution is 5.94. The molecule has 4 N–H and O–H groups in total. The van der Waals surface area contributed by atoms with Crippen LogP contribution >= 0.6 is 0 Å². The Morgan fingerprint density at radius 2 is 1.96 bits per heavy atom. The number of nitrogens with zero attached hydrogens (tertiary/aromatic N) is 1. The molecule has 0 aliphatic heterocycles. The summed E-state index contributed by atoms with van der Waals surface area (Å²) in [5, 5.41) is 6.68. The molecule has 6 nitrogen and oxygen atoms in total. The van der Waals surface area contributed by atoms with Crippen LogP contribution in [-0.2, 0) is 11.3 Å². The summed E-state index contributed by atoms with van der Waals surface area (Å²) < 4.78 is 4.88. The van der Waals surface area contributed by atoms with E-state index >= 15 is 0 Å². The van der Waals surface area contributed by atoms with Crippen LogP contribution in [0.15, 0.2) is 42.5 Å². The van der Waals surface area contributed by atoms with Crippen LogP contribution in [0.4, 0.5) is 11.6 Å². The predicted octanol–water partition coefficient (Wildman–Crippen LogP) is 3.16. The summed E-state index contributed by atoms with van der Waals surface area (Å²) in [4.78, 5) is 16.7. The van der Waals surface area contributed by atoms with E-state index in [0.29, 0.717) is 17.9 Å². The number of ether oxygens (including phenoxy) is 1. The summed E-state index contributed by atoms with van der Waals surface area (Å²) in [6.45, 7) is 0.574. The van der Waals surface area contributed by atoms with Gasteiger partial charge in [-0.05, 0) is 30.5 Å². The summed E-state index contributed by atoms with van der Waals surface area (Å²) in [5.74, 6) is 0.819. The van der Waals surface area contributed by atoms with E-state index in [2.05, 4.69) is 15.6 Å². The Morgan fingerprint density at radius 3 is 2.69 bits per heavy atom. The minimum atomic E-state index is -0.408. The number of carbonyl (C=O) groups excluding carboxylic acids is 1. The Morgan fingerprint density at radius 1 is 1.19 bits per heavy atom. The third-order valence-electron chi connectivity index (χ3n) is 4.76. The van der Waals surface area contributed by atoms with Crippen LogP contribution in [0.25, 0.3) is 0 Å². The van der Waals surface area contributed by atoms with Gasteiger partial charge in [0, 0.05) is 18.6 Å². The molecule has 0 saturated heterocycles. The molecule has 6 heteroatoms. The molecular formula is C20H26N4O2. The molecule has 0 bridgehead atoms. The van der Waals surface area contributed by atoms with Crippen molar-refractivity contribution in [2.75, 3.05) is 17.7 Å². The largest absolute Gasteiger partial charge is 0.465 e. The number of benzene rings is 1. The fourth-order valence-electron chi connectivity index (χ4n) is 3.26. The van der Waals surface area contributed by atoms with Gasteiger partial charge in [-0.2, -0.15) is 0 Å². The van der Waals surface area contributed by atoms with E-state index < -0.39 is 5.97 Å². The van der Waals surface area contributed by atoms with Crippen molar-refractivity contribution >= 4 is 17.6 Å². The number of hydrogen-bond donors (Lipinski definition) is 3. The van der Waals surface area contributed by atoms with E-state index in [9.17, 15) is 4.79 Å². The van der Waals surface area contributed by atoms with Gasteiger partial charge >= 0.3 is 5.97 Å². The van der Waals surface area contributed by atoms with Gasteiger partial charge in [-0.1, -0.05) is 43.2 Å². The first-order valence-corrected chi connectivity index (χ1v) is 9.06. The van der Waals surface area contributed by atoms with Crippen LogP contribution in [0.1, 0.15) is 41.6 Å². The molecule has 1 aromatic carbocycles. The van der Waals surface area contributed by atoms with Crippen molar-refractivity contribution in [3.63, 3.8) is 0 Å². The molecule has 1 fully saturated rings. The zero-order valence-electron chi connectivity index (χ0n) is 15.1. The number of pyridine rings is 1. The lowest BCUT2D eigenvalue weighted by molar-refractivity contribution is 0.0601. The molecule has 138 valence electrons. The Bertz CT molecular complexity index is 736. The van der Waals surface area contributed by atoms with Crippen LogP contribution in [0, 0.1) is 0 Å². The van der Waals surface area contributed by atoms with Gasteiger partial charge in [0.25, 0.3) is 0 Å². The number of nitrogens with one attached hydrogen (secondary N) is 2. The number of carbonyl (C=O) groups is 1. The zero-order valence-corrected chi connectivity index (χ0v) is 15.1. The number of nitrogens with two attached hydrogens (primary N) is 1. The van der Waals surface area contributed by atoms with Crippen LogP contribution in [0.2, 0.25) is 0 Å². The van der Waals surface area contributed by atoms with E-state index in [4.69, 9.17) is 10.5 Å². The minimum absolute atomic E-state index is 0.131. The van der Waals surface area contributed by atoms with E-state index in [1.54, 1.807) is 12.1 Å². The molecule has 1 heterocycles. The highest BCUT2D eigenvalue weighted by atomic mass is 16.5. The van der Waals surface area contributed by atoms with Crippen molar-refractivity contribution in [1.29, 1.82) is 0 Å². The highest BCUT2D eigenvalue weighted by Crippen LogP contribution is 2.23. The first-order chi connectivity index (χ1) is 12.7. The molecule has 2 atom stereocenters. The number of methoxy groups -OCH3 is 1. The van der Waals surface area contributed by atoms with Gasteiger partial charge in [-0.25, -0.2) is 9.78 Å². The maximum absolute atomic E-state index is 12.1. The highest BCUT2D eigenvalue weighted by Gasteiger charge is 2.22. The Labute approximate surface area is 154 Å². The van der Waals surface area contributed by atoms with Crippen molar-refractivity contribution in [2.45, 2.75) is 44.3 Å². The lowest BCUT2D eigenvalue weighted by Crippen LogP contribution is -2.42. The third-order valence-corrected chi connectivity index (χ3v) is 4.76. The van der Waals surface area contributed by atoms with E-state index in [1.807, 2.05) is 30.3 Å². The molecule has 1 aliphatic rings. The molecule has 1 aromatic heterocycles. The summed E-state index contributed by atoms with van der Waals surface area (Å²) in [5.41, 5.74) is 7.75. The molecule has 26 heavy (non-hydrogen) atoms. The Hall–Kier alpha value is -2.60. The zero-order chi connectivity index (χ0) is 18.4. The maximum atomic E-state index is 12.1. The predicted molar refractivity (Wildman–Crippen MR) is 103 cm³/mol. The minimum Gasteiger partial charge on any atom is -0.465 e. The van der Waals surface area contributed by atoms with Gasteiger partial charge in [0.2, 0.25) is 0 Å². The van der Waals surface area contributed by atoms with Gasteiger partial charge in [0.05, 0.1) is 7.11 Å². The summed E-state index contributed by atoms with van der Waals surface area (Å²) in [6.07, 6.45) is 4.41. The second-order valence-corrected chi connectivity index (χ2v) is 6.62. The van der Waals surface area contributed by atoms with Crippen molar-refractivity contribution in [1.82, 2.24) is 4.98 Å². The Balaban J connectivity index is 1.78. The third kappa shape index (κ3) is 4.52. The van der Waals surface area contributed by atoms with Gasteiger partial charge in [0.1, 0.15) is 17.2 Å². The number of hydrogen-bond acceptors (Lipinski definition) is 6. The molecule has 0 unspecified atom stereocenters. The molecule has 0 spiro atoms. The van der Waals surface area contributed by atoms with Crippen molar-refractivity contribution in [2.24, 2.45) is 5.73 Å². The van der Waals surface area contributed by atoms with Crippen LogP contribution in [-0.4, -0.2) is 30.1 Å². The quantitative estimate of drug-likeness (QED) is 0.691. The van der Waals surface area contributed by atoms with Crippen molar-refractivity contribution < 1.29 is 9.53 Å². The molecule has 1 saturated carbocycles. The van der Waals surface area contributed by atoms with Crippen LogP contribution in [0.3, 0.4) is 0 Å². The van der Waals surface area contributed by atoms with Crippen LogP contribution < -0.4 is 16.4 Å². The van der Waals surface area contributed by atoms with Crippen molar-refractivity contribution in [3.05, 3.63) is 53.6 Å². The standard InChI is InChI=1S/C20H26N4O2/c1-26-20(25)15-11-12-18(23-17-10-6-5-9-16(17)21)24-19(15)22-13-14-7-3-2-4-8-14/h2-4,7-8,11-12,16-17H,5-6,9-10,13,21H2,1H3,(H2,22,23,24)/t16-,17+/m0/s1. The summed E-state index contributed by atoms with van der Waals surface area (Å²) in [7, 11) is 1.37. The monoisotopic (exact) mass is 354 g/mol. The fourth-order valence-corrected chi connectivity index (χ4v) is 3.26. The van der Waals surface area contributed by atoms with Gasteiger partial charge in [-0.3, -0.25) is 0 Å². The molecule has 3 rings (SSSR count). The normalized spacial score (nSPS) is 19.6. The van der Waals surface area contributed by atoms with Gasteiger partial charge < -0.3 is 21.1 Å².